The number of hydrogen-bond donors (Lipinski definition) is 1. The number of ketones is 2. The minimum atomic E-state index is -1.03. The van der Waals surface area contributed by atoms with Gasteiger partial charge >= 0.3 is 0 Å². The van der Waals surface area contributed by atoms with Crippen molar-refractivity contribution in [3.63, 3.8) is 0 Å². The summed E-state index contributed by atoms with van der Waals surface area (Å²) in [5.74, 6) is -0.305. The predicted molar refractivity (Wildman–Crippen MR) is 262 cm³/mol. The van der Waals surface area contributed by atoms with E-state index in [0.717, 1.165) is 110 Å². The topological polar surface area (TPSA) is 194 Å². The highest BCUT2D eigenvalue weighted by Crippen LogP contribution is 2.40. The summed E-state index contributed by atoms with van der Waals surface area (Å²) in [6.07, 6.45) is 7.47. The van der Waals surface area contributed by atoms with Crippen LogP contribution in [0.3, 0.4) is 0 Å². The van der Waals surface area contributed by atoms with E-state index in [2.05, 4.69) is 45.8 Å². The molecule has 0 aliphatic carbocycles. The van der Waals surface area contributed by atoms with Gasteiger partial charge in [-0.2, -0.15) is 0 Å². The molecule has 8 rings (SSSR count). The van der Waals surface area contributed by atoms with Crippen LogP contribution in [0.25, 0.3) is 5.00 Å². The lowest BCUT2D eigenvalue weighted by atomic mass is 9.99. The van der Waals surface area contributed by atoms with Crippen molar-refractivity contribution in [2.24, 2.45) is 4.99 Å². The number of hydrogen-bond acceptors (Lipinski definition) is 13. The fourth-order valence-corrected chi connectivity index (χ4v) is 10.4. The third-order valence-electron chi connectivity index (χ3n) is 13.1. The van der Waals surface area contributed by atoms with Gasteiger partial charge in [-0.05, 0) is 89.2 Å². The average molecular weight is 982 g/mol. The number of imide groups is 2. The molecule has 69 heavy (non-hydrogen) atoms. The molecule has 1 N–H and O–H groups in total. The molecule has 4 aliphatic rings. The Kier molecular flexibility index (Phi) is 17.1. The minimum Gasteiger partial charge on any atom is -0.485 e. The van der Waals surface area contributed by atoms with Gasteiger partial charge in [0.15, 0.2) is 11.6 Å². The summed E-state index contributed by atoms with van der Waals surface area (Å²) in [6.45, 7) is 14.5. The molecule has 16 nitrogen and oxygen atoms in total. The zero-order valence-corrected chi connectivity index (χ0v) is 41.7. The fraction of sp³-hybridized carbons (Fsp3) is 0.490. The molecule has 2 saturated heterocycles. The monoisotopic (exact) mass is 980 g/mol. The van der Waals surface area contributed by atoms with Crippen molar-refractivity contribution in [1.29, 1.82) is 0 Å². The molecule has 2 atom stereocenters. The maximum atomic E-state index is 13.3. The molecule has 2 aromatic carbocycles. The van der Waals surface area contributed by atoms with Crippen molar-refractivity contribution in [2.75, 3.05) is 39.3 Å². The molecule has 18 heteroatoms. The van der Waals surface area contributed by atoms with E-state index in [4.69, 9.17) is 21.3 Å². The minimum absolute atomic E-state index is 0.0514. The highest BCUT2D eigenvalue weighted by atomic mass is 35.5. The quantitative estimate of drug-likeness (QED) is 0.0767. The lowest BCUT2D eigenvalue weighted by Gasteiger charge is -2.34. The number of thiophene rings is 1. The fourth-order valence-electron chi connectivity index (χ4n) is 9.02. The lowest BCUT2D eigenvalue weighted by Crippen LogP contribution is -2.54. The molecular formula is C51H61ClN8O8S. The van der Waals surface area contributed by atoms with Gasteiger partial charge in [-0.1, -0.05) is 56.5 Å². The van der Waals surface area contributed by atoms with Crippen LogP contribution in [-0.4, -0.2) is 122 Å². The number of amides is 5. The molecule has 1 unspecified atom stereocenters. The first-order valence-corrected chi connectivity index (χ1v) is 25.3. The van der Waals surface area contributed by atoms with Crippen LogP contribution in [0.1, 0.15) is 151 Å². The van der Waals surface area contributed by atoms with E-state index in [-0.39, 0.29) is 53.8 Å². The van der Waals surface area contributed by atoms with Gasteiger partial charge in [0.2, 0.25) is 17.7 Å². The summed E-state index contributed by atoms with van der Waals surface area (Å²) in [5, 5.41) is 12.8. The Hall–Kier alpha value is -5.91. The van der Waals surface area contributed by atoms with Gasteiger partial charge < -0.3 is 9.64 Å². The number of aryl methyl sites for hydroxylation is 2. The Morgan fingerprint density at radius 1 is 0.826 bits per heavy atom. The number of aliphatic imine (C=N–C) groups is 1. The average Bonchev–Trinajstić information content (AvgIpc) is 3.92. The van der Waals surface area contributed by atoms with Crippen LogP contribution in [0.15, 0.2) is 47.5 Å². The zero-order valence-electron chi connectivity index (χ0n) is 40.1. The summed E-state index contributed by atoms with van der Waals surface area (Å²) in [5.41, 5.74) is 4.28. The molecule has 0 saturated carbocycles. The number of piperidine rings is 1. The van der Waals surface area contributed by atoms with Crippen molar-refractivity contribution in [3.05, 3.63) is 91.8 Å². The van der Waals surface area contributed by atoms with Crippen LogP contribution in [0.2, 0.25) is 5.02 Å². The number of nitrogens with one attached hydrogen (secondary N) is 1. The Labute approximate surface area is 411 Å². The number of aromatic nitrogens is 3. The molecule has 0 radical (unpaired) electrons. The van der Waals surface area contributed by atoms with E-state index in [0.29, 0.717) is 30.7 Å². The zero-order chi connectivity index (χ0) is 49.4. The number of carbonyl (C=O) groups excluding carboxylic acids is 7. The number of rotatable bonds is 18. The van der Waals surface area contributed by atoms with Crippen LogP contribution in [-0.2, 0) is 24.0 Å². The molecule has 2 fully saturated rings. The number of nitrogens with zero attached hydrogens (tertiary/aromatic N) is 7. The SMILES string of the molecule is CCCCC(=O)COc1cccc2c1C(=O)N(C1CCC(=O)NC1=O)C2=O.CCCCC(=O)N1CCN(CCCCC(=O)C[C@@H]2N=C(c3ccc(Cl)cc3)c3c(sc(C)c3C)-n3c(C)nnc32)CC1. The third kappa shape index (κ3) is 11.8. The van der Waals surface area contributed by atoms with Crippen LogP contribution >= 0.6 is 22.9 Å². The van der Waals surface area contributed by atoms with Crippen LogP contribution in [0, 0.1) is 20.8 Å². The Balaban J connectivity index is 0.000000224. The van der Waals surface area contributed by atoms with E-state index in [1.54, 1.807) is 17.4 Å². The third-order valence-corrected chi connectivity index (χ3v) is 14.5. The number of carbonyl (C=O) groups is 7. The molecule has 366 valence electrons. The maximum Gasteiger partial charge on any atom is 0.266 e. The summed E-state index contributed by atoms with van der Waals surface area (Å²) in [7, 11) is 0. The Morgan fingerprint density at radius 3 is 2.25 bits per heavy atom. The standard InChI is InChI=1S/C32H41ClN6O2S.C19H20N2O6/c1-5-6-10-28(41)38-18-16-37(17-19-38)15-8-7-9-26(40)20-27-31-36-35-23(4)39(31)32-29(21(2)22(3)42-32)30(34-27)24-11-13-25(33)14-12-24;1-2-3-5-11(22)10-27-14-7-4-6-12-16(14)19(26)21(18(12)25)13-8-9-15(23)20-17(13)24/h11-14,27H,5-10,15-20H2,1-4H3;4,6-7,13H,2-3,5,8-10H2,1H3,(H,20,23,24)/t27-;/m0./s1. The van der Waals surface area contributed by atoms with E-state index in [9.17, 15) is 33.6 Å². The first-order valence-electron chi connectivity index (χ1n) is 24.1. The molecule has 2 aromatic heterocycles. The Morgan fingerprint density at radius 2 is 1.54 bits per heavy atom. The van der Waals surface area contributed by atoms with Crippen molar-refractivity contribution in [1.82, 2.24) is 34.8 Å². The van der Waals surface area contributed by atoms with E-state index >= 15 is 0 Å². The second-order valence-electron chi connectivity index (χ2n) is 18.0. The summed E-state index contributed by atoms with van der Waals surface area (Å²) >= 11 is 7.93. The largest absolute Gasteiger partial charge is 0.485 e. The summed E-state index contributed by atoms with van der Waals surface area (Å²) in [4.78, 5) is 98.1. The van der Waals surface area contributed by atoms with Gasteiger partial charge in [0.1, 0.15) is 41.0 Å². The number of Topliss-reactive ketones (excluding diaryl/α,β-unsaturated/α-hetero) is 2. The second-order valence-corrected chi connectivity index (χ2v) is 19.6. The van der Waals surface area contributed by atoms with E-state index in [1.165, 1.54) is 22.6 Å². The van der Waals surface area contributed by atoms with E-state index in [1.807, 2.05) is 43.0 Å². The lowest BCUT2D eigenvalue weighted by molar-refractivity contribution is -0.136. The summed E-state index contributed by atoms with van der Waals surface area (Å²) in [6, 6.07) is 10.9. The van der Waals surface area contributed by atoms with Crippen LogP contribution < -0.4 is 10.1 Å². The number of ether oxygens (including phenoxy) is 1. The van der Waals surface area contributed by atoms with Gasteiger partial charge in [-0.15, -0.1) is 21.5 Å². The number of halogens is 1. The van der Waals surface area contributed by atoms with Crippen LogP contribution in [0.5, 0.6) is 5.75 Å². The van der Waals surface area contributed by atoms with Crippen molar-refractivity contribution < 1.29 is 38.3 Å². The summed E-state index contributed by atoms with van der Waals surface area (Å²) < 4.78 is 7.60. The maximum absolute atomic E-state index is 13.3. The van der Waals surface area contributed by atoms with Crippen molar-refractivity contribution in [2.45, 2.75) is 124 Å². The number of fused-ring (bicyclic) bond motifs is 4. The highest BCUT2D eigenvalue weighted by Gasteiger charge is 2.46. The van der Waals surface area contributed by atoms with Gasteiger partial charge in [0, 0.05) is 79.3 Å². The van der Waals surface area contributed by atoms with E-state index < -0.39 is 35.7 Å². The molecule has 0 spiro atoms. The van der Waals surface area contributed by atoms with Gasteiger partial charge in [0.05, 0.1) is 16.8 Å². The second kappa shape index (κ2) is 23.1. The normalized spacial score (nSPS) is 17.9. The molecular weight excluding hydrogens is 920 g/mol. The molecule has 4 aromatic rings. The van der Waals surface area contributed by atoms with Gasteiger partial charge in [0.25, 0.3) is 11.8 Å². The van der Waals surface area contributed by atoms with Gasteiger partial charge in [-0.25, -0.2) is 0 Å². The van der Waals surface area contributed by atoms with Crippen molar-refractivity contribution in [3.8, 4) is 10.8 Å². The smallest absolute Gasteiger partial charge is 0.266 e. The Bertz CT molecular complexity index is 2630. The van der Waals surface area contributed by atoms with Crippen molar-refractivity contribution >= 4 is 69.8 Å². The highest BCUT2D eigenvalue weighted by molar-refractivity contribution is 7.15. The molecule has 0 bridgehead atoms. The number of piperazine rings is 1. The van der Waals surface area contributed by atoms with Crippen LogP contribution in [0.4, 0.5) is 0 Å². The van der Waals surface area contributed by atoms with Gasteiger partial charge in [-0.3, -0.25) is 58.2 Å². The molecule has 4 aliphatic heterocycles. The molecule has 5 amide bonds. The number of unbranched alkanes of at least 4 members (excludes halogenated alkanes) is 3. The molecule has 6 heterocycles. The first kappa shape index (κ1) is 51.0. The predicted octanol–water partition coefficient (Wildman–Crippen LogP) is 7.49. The number of benzene rings is 2. The first-order chi connectivity index (χ1) is 33.2.